The summed E-state index contributed by atoms with van der Waals surface area (Å²) in [4.78, 5) is 26.7. The van der Waals surface area contributed by atoms with E-state index < -0.39 is 0 Å². The number of hydrogen-bond donors (Lipinski definition) is 1. The first kappa shape index (κ1) is 19.3. The van der Waals surface area contributed by atoms with Gasteiger partial charge >= 0.3 is 0 Å². The monoisotopic (exact) mass is 386 g/mol. The van der Waals surface area contributed by atoms with Gasteiger partial charge in [-0.3, -0.25) is 9.59 Å². The van der Waals surface area contributed by atoms with E-state index in [0.29, 0.717) is 19.6 Å². The normalized spacial score (nSPS) is 19.2. The van der Waals surface area contributed by atoms with Crippen LogP contribution in [0.5, 0.6) is 0 Å². The number of piperidine rings is 1. The highest BCUT2D eigenvalue weighted by molar-refractivity contribution is 5.94. The first-order valence-electron chi connectivity index (χ1n) is 10.3. The third kappa shape index (κ3) is 4.68. The summed E-state index contributed by atoms with van der Waals surface area (Å²) in [6.07, 6.45) is 3.58. The van der Waals surface area contributed by atoms with E-state index in [4.69, 9.17) is 0 Å². The highest BCUT2D eigenvalue weighted by atomic mass is 16.2. The number of carbonyl (C=O) groups excluding carboxylic acids is 2. The van der Waals surface area contributed by atoms with Gasteiger partial charge in [0.25, 0.3) is 5.91 Å². The maximum atomic E-state index is 12.5. The summed E-state index contributed by atoms with van der Waals surface area (Å²) in [5.41, 5.74) is 2.19. The second-order valence-corrected chi connectivity index (χ2v) is 8.05. The van der Waals surface area contributed by atoms with E-state index in [0.717, 1.165) is 31.2 Å². The third-order valence-electron chi connectivity index (χ3n) is 6.20. The van der Waals surface area contributed by atoms with Crippen molar-refractivity contribution in [1.29, 1.82) is 0 Å². The predicted molar refractivity (Wildman–Crippen MR) is 113 cm³/mol. The molecule has 148 valence electrons. The Morgan fingerprint density at radius 2 is 1.66 bits per heavy atom. The van der Waals surface area contributed by atoms with E-state index in [1.54, 1.807) is 0 Å². The Labute approximate surface area is 172 Å². The molecule has 1 saturated heterocycles. The zero-order chi connectivity index (χ0) is 20.1. The van der Waals surface area contributed by atoms with E-state index >= 15 is 0 Å². The molecule has 0 unspecified atom stereocenters. The fourth-order valence-electron chi connectivity index (χ4n) is 4.25. The van der Waals surface area contributed by atoms with Crippen molar-refractivity contribution in [2.24, 2.45) is 11.3 Å². The average molecular weight is 386 g/mol. The van der Waals surface area contributed by atoms with Crippen LogP contribution >= 0.6 is 0 Å². The molecule has 4 rings (SSSR count). The smallest absolute Gasteiger partial charge is 0.298 e. The van der Waals surface area contributed by atoms with Crippen molar-refractivity contribution in [1.82, 2.24) is 10.2 Å². The van der Waals surface area contributed by atoms with Crippen LogP contribution in [0.15, 0.2) is 60.7 Å². The first-order valence-corrected chi connectivity index (χ1v) is 10.3. The topological polar surface area (TPSA) is 49.4 Å². The lowest BCUT2D eigenvalue weighted by molar-refractivity contribution is -0.127. The molecule has 1 aliphatic carbocycles. The molecule has 1 heterocycles. The van der Waals surface area contributed by atoms with E-state index in [1.807, 2.05) is 53.4 Å². The van der Waals surface area contributed by atoms with E-state index in [9.17, 15) is 9.59 Å². The number of nitrogens with one attached hydrogen (secondary N) is 1. The molecule has 2 fully saturated rings. The predicted octanol–water partition coefficient (Wildman–Crippen LogP) is 3.03. The van der Waals surface area contributed by atoms with Crippen LogP contribution in [0.2, 0.25) is 0 Å². The molecule has 0 bridgehead atoms. The van der Waals surface area contributed by atoms with Crippen LogP contribution in [0.1, 0.15) is 30.4 Å². The number of nitrogens with zero attached hydrogens (tertiary/aromatic N) is 1. The second kappa shape index (κ2) is 8.53. The number of hydrogen-bond acceptors (Lipinski definition) is 2. The SMILES string of the molecule is O=C(NCCc1ccccc1)[C@H]1CC12CCN(C(=O)C#Cc1ccccc1)CC2. The Balaban J connectivity index is 1.22. The van der Waals surface area contributed by atoms with Crippen molar-refractivity contribution in [2.45, 2.75) is 25.7 Å². The van der Waals surface area contributed by atoms with Gasteiger partial charge in [-0.1, -0.05) is 54.5 Å². The number of benzene rings is 2. The number of carbonyl (C=O) groups is 2. The maximum absolute atomic E-state index is 12.5. The van der Waals surface area contributed by atoms with Crippen LogP contribution in [0.4, 0.5) is 0 Å². The standard InChI is InChI=1S/C25H26N2O2/c28-23(12-11-20-7-3-1-4-8-20)27-17-14-25(15-18-27)19-22(25)24(29)26-16-13-21-9-5-2-6-10-21/h1-10,22H,13-19H2,(H,26,29)/t22-/m1/s1. The van der Waals surface area contributed by atoms with Crippen molar-refractivity contribution in [3.05, 3.63) is 71.8 Å². The molecule has 2 aromatic rings. The molecule has 1 N–H and O–H groups in total. The first-order chi connectivity index (χ1) is 14.2. The molecule has 1 spiro atoms. The average Bonchev–Trinajstić information content (AvgIpc) is 3.47. The van der Waals surface area contributed by atoms with Gasteiger partial charge in [0.05, 0.1) is 0 Å². The van der Waals surface area contributed by atoms with Crippen molar-refractivity contribution in [3.63, 3.8) is 0 Å². The maximum Gasteiger partial charge on any atom is 0.298 e. The molecular formula is C25H26N2O2. The molecular weight excluding hydrogens is 360 g/mol. The van der Waals surface area contributed by atoms with E-state index in [-0.39, 0.29) is 23.1 Å². The van der Waals surface area contributed by atoms with Gasteiger partial charge in [0.2, 0.25) is 5.91 Å². The molecule has 2 aliphatic rings. The van der Waals surface area contributed by atoms with E-state index in [1.165, 1.54) is 5.56 Å². The van der Waals surface area contributed by atoms with Crippen LogP contribution in [0.25, 0.3) is 0 Å². The van der Waals surface area contributed by atoms with Gasteiger partial charge in [-0.05, 0) is 48.8 Å². The zero-order valence-electron chi connectivity index (χ0n) is 16.6. The molecule has 2 amide bonds. The van der Waals surface area contributed by atoms with Gasteiger partial charge in [0, 0.05) is 37.0 Å². The molecule has 0 aromatic heterocycles. The summed E-state index contributed by atoms with van der Waals surface area (Å²) in [5, 5.41) is 3.10. The van der Waals surface area contributed by atoms with Crippen LogP contribution in [-0.2, 0) is 16.0 Å². The highest BCUT2D eigenvalue weighted by Gasteiger charge is 2.58. The Morgan fingerprint density at radius 1 is 1.00 bits per heavy atom. The largest absolute Gasteiger partial charge is 0.356 e. The molecule has 0 radical (unpaired) electrons. The minimum absolute atomic E-state index is 0.0977. The van der Waals surface area contributed by atoms with Crippen LogP contribution in [0.3, 0.4) is 0 Å². The summed E-state index contributed by atoms with van der Waals surface area (Å²) < 4.78 is 0. The number of amides is 2. The Hall–Kier alpha value is -3.06. The lowest BCUT2D eigenvalue weighted by Gasteiger charge is -2.31. The second-order valence-electron chi connectivity index (χ2n) is 8.05. The molecule has 29 heavy (non-hydrogen) atoms. The number of likely N-dealkylation sites (tertiary alicyclic amines) is 1. The van der Waals surface area contributed by atoms with Gasteiger partial charge in [-0.25, -0.2) is 0 Å². The minimum atomic E-state index is -0.117. The van der Waals surface area contributed by atoms with Crippen molar-refractivity contribution in [2.75, 3.05) is 19.6 Å². The lowest BCUT2D eigenvalue weighted by Crippen LogP contribution is -2.40. The molecule has 4 nitrogen and oxygen atoms in total. The Kier molecular flexibility index (Phi) is 5.67. The van der Waals surface area contributed by atoms with Gasteiger partial charge in [-0.2, -0.15) is 0 Å². The van der Waals surface area contributed by atoms with Gasteiger partial charge in [0.15, 0.2) is 0 Å². The summed E-state index contributed by atoms with van der Waals surface area (Å²) in [7, 11) is 0. The van der Waals surface area contributed by atoms with Crippen LogP contribution < -0.4 is 5.32 Å². The fourth-order valence-corrected chi connectivity index (χ4v) is 4.25. The molecule has 1 saturated carbocycles. The Bertz CT molecular complexity index is 920. The van der Waals surface area contributed by atoms with Crippen LogP contribution in [0, 0.1) is 23.2 Å². The minimum Gasteiger partial charge on any atom is -0.356 e. The summed E-state index contributed by atoms with van der Waals surface area (Å²) >= 11 is 0. The van der Waals surface area contributed by atoms with Gasteiger partial charge in [0.1, 0.15) is 0 Å². The zero-order valence-corrected chi connectivity index (χ0v) is 16.6. The quantitative estimate of drug-likeness (QED) is 0.821. The summed E-state index contributed by atoms with van der Waals surface area (Å²) in [5.74, 6) is 5.84. The lowest BCUT2D eigenvalue weighted by atomic mass is 9.90. The highest BCUT2D eigenvalue weighted by Crippen LogP contribution is 2.59. The Morgan fingerprint density at radius 3 is 2.34 bits per heavy atom. The number of rotatable bonds is 4. The van der Waals surface area contributed by atoms with Gasteiger partial charge < -0.3 is 10.2 Å². The summed E-state index contributed by atoms with van der Waals surface area (Å²) in [6.45, 7) is 2.06. The van der Waals surface area contributed by atoms with Crippen molar-refractivity contribution in [3.8, 4) is 11.8 Å². The van der Waals surface area contributed by atoms with Crippen molar-refractivity contribution >= 4 is 11.8 Å². The fraction of sp³-hybridized carbons (Fsp3) is 0.360. The van der Waals surface area contributed by atoms with Crippen molar-refractivity contribution < 1.29 is 9.59 Å². The van der Waals surface area contributed by atoms with Crippen LogP contribution in [-0.4, -0.2) is 36.3 Å². The summed E-state index contributed by atoms with van der Waals surface area (Å²) in [6, 6.07) is 19.8. The van der Waals surface area contributed by atoms with Gasteiger partial charge in [-0.15, -0.1) is 0 Å². The molecule has 1 atom stereocenters. The van der Waals surface area contributed by atoms with E-state index in [2.05, 4.69) is 29.3 Å². The molecule has 2 aromatic carbocycles. The third-order valence-corrected chi connectivity index (χ3v) is 6.20. The molecule has 1 aliphatic heterocycles. The molecule has 4 heteroatoms.